The van der Waals surface area contributed by atoms with E-state index in [9.17, 15) is 19.2 Å². The van der Waals surface area contributed by atoms with Crippen molar-refractivity contribution in [1.82, 2.24) is 0 Å². The van der Waals surface area contributed by atoms with Crippen molar-refractivity contribution in [3.8, 4) is 5.75 Å². The van der Waals surface area contributed by atoms with E-state index in [-0.39, 0.29) is 62.1 Å². The van der Waals surface area contributed by atoms with Crippen LogP contribution in [0.15, 0.2) is 43.0 Å². The Labute approximate surface area is 244 Å². The second kappa shape index (κ2) is 21.4. The maximum Gasteiger partial charge on any atom is 0.330 e. The minimum Gasteiger partial charge on any atom is -0.491 e. The predicted molar refractivity (Wildman–Crippen MR) is 154 cm³/mol. The fraction of sp³-hybridized carbons (Fsp3) is 0.613. The van der Waals surface area contributed by atoms with Crippen molar-refractivity contribution in [1.29, 1.82) is 0 Å². The highest BCUT2D eigenvalue weighted by Gasteiger charge is 2.35. The third-order valence-electron chi connectivity index (χ3n) is 5.60. The smallest absolute Gasteiger partial charge is 0.330 e. The molecule has 0 aliphatic rings. The first kappa shape index (κ1) is 37.6. The molecule has 10 heteroatoms. The van der Waals surface area contributed by atoms with Crippen molar-refractivity contribution >= 4 is 23.9 Å². The standard InChI is InChI=1S/C18H32O6.C13H16O4/c1-8-18(9-22-15(19)12(2)3,10-23-16(20)13(4)5)11-24-17(21)14(6)7;1-2-13(14)17-11-9-15-8-10-16-12-6-4-3-5-7-12/h12-14H,8-11H2,1-7H3;2-7H,1,8-11H2. The molecule has 0 saturated heterocycles. The van der Waals surface area contributed by atoms with Crippen molar-refractivity contribution in [2.45, 2.75) is 54.9 Å². The van der Waals surface area contributed by atoms with Crippen LogP contribution in [0.4, 0.5) is 0 Å². The van der Waals surface area contributed by atoms with Crippen LogP contribution >= 0.6 is 0 Å². The zero-order chi connectivity index (χ0) is 31.3. The number of hydrogen-bond donors (Lipinski definition) is 0. The number of carbonyl (C=O) groups excluding carboxylic acids is 4. The Kier molecular flexibility index (Phi) is 19.6. The molecule has 0 amide bonds. The van der Waals surface area contributed by atoms with Crippen molar-refractivity contribution in [2.24, 2.45) is 23.2 Å². The lowest BCUT2D eigenvalue weighted by Gasteiger charge is -2.31. The Bertz CT molecular complexity index is 849. The second-order valence-electron chi connectivity index (χ2n) is 10.3. The van der Waals surface area contributed by atoms with Gasteiger partial charge in [0.2, 0.25) is 0 Å². The lowest BCUT2D eigenvalue weighted by atomic mass is 9.87. The summed E-state index contributed by atoms with van der Waals surface area (Å²) in [5, 5.41) is 0. The third-order valence-corrected chi connectivity index (χ3v) is 5.60. The number of esters is 4. The summed E-state index contributed by atoms with van der Waals surface area (Å²) < 4.78 is 31.3. The van der Waals surface area contributed by atoms with Gasteiger partial charge < -0.3 is 28.4 Å². The Balaban J connectivity index is 0.000000825. The molecule has 41 heavy (non-hydrogen) atoms. The Morgan fingerprint density at radius 3 is 1.54 bits per heavy atom. The molecule has 0 aromatic heterocycles. The van der Waals surface area contributed by atoms with Gasteiger partial charge in [-0.15, -0.1) is 0 Å². The molecule has 0 N–H and O–H groups in total. The van der Waals surface area contributed by atoms with E-state index in [0.29, 0.717) is 26.2 Å². The average molecular weight is 581 g/mol. The molecule has 0 saturated carbocycles. The molecule has 0 aliphatic heterocycles. The first-order valence-electron chi connectivity index (χ1n) is 13.9. The van der Waals surface area contributed by atoms with Crippen molar-refractivity contribution < 1.29 is 47.6 Å². The van der Waals surface area contributed by atoms with Gasteiger partial charge in [0.15, 0.2) is 0 Å². The van der Waals surface area contributed by atoms with Crippen molar-refractivity contribution in [3.63, 3.8) is 0 Å². The van der Waals surface area contributed by atoms with Gasteiger partial charge in [0.05, 0.1) is 36.4 Å². The van der Waals surface area contributed by atoms with E-state index in [2.05, 4.69) is 6.58 Å². The minimum atomic E-state index is -0.736. The fourth-order valence-corrected chi connectivity index (χ4v) is 2.70. The van der Waals surface area contributed by atoms with E-state index in [1.165, 1.54) is 0 Å². The van der Waals surface area contributed by atoms with Gasteiger partial charge in [0.1, 0.15) is 38.8 Å². The van der Waals surface area contributed by atoms with E-state index >= 15 is 0 Å². The van der Waals surface area contributed by atoms with Gasteiger partial charge in [0, 0.05) is 6.08 Å². The number of rotatable bonds is 18. The number of para-hydroxylation sites is 1. The van der Waals surface area contributed by atoms with Crippen LogP contribution in [0.1, 0.15) is 54.9 Å². The van der Waals surface area contributed by atoms with Crippen LogP contribution in [-0.4, -0.2) is 70.1 Å². The maximum absolute atomic E-state index is 11.8. The molecule has 0 radical (unpaired) electrons. The minimum absolute atomic E-state index is 0.0390. The topological polar surface area (TPSA) is 124 Å². The number of ether oxygens (including phenoxy) is 6. The van der Waals surface area contributed by atoms with Crippen LogP contribution in [-0.2, 0) is 42.9 Å². The highest BCUT2D eigenvalue weighted by atomic mass is 16.6. The summed E-state index contributed by atoms with van der Waals surface area (Å²) in [4.78, 5) is 45.9. The van der Waals surface area contributed by atoms with Crippen LogP contribution in [0.3, 0.4) is 0 Å². The van der Waals surface area contributed by atoms with Gasteiger partial charge in [-0.2, -0.15) is 0 Å². The summed E-state index contributed by atoms with van der Waals surface area (Å²) in [5.74, 6) is -1.39. The molecule has 0 fully saturated rings. The SMILES string of the molecule is C=CC(=O)OCCOCCOc1ccccc1.CCC(COC(=O)C(C)C)(COC(=O)C(C)C)COC(=O)C(C)C. The molecule has 0 spiro atoms. The van der Waals surface area contributed by atoms with Gasteiger partial charge in [-0.05, 0) is 18.6 Å². The van der Waals surface area contributed by atoms with E-state index < -0.39 is 11.4 Å². The van der Waals surface area contributed by atoms with Gasteiger partial charge >= 0.3 is 23.9 Å². The first-order chi connectivity index (χ1) is 19.4. The van der Waals surface area contributed by atoms with E-state index in [4.69, 9.17) is 28.4 Å². The van der Waals surface area contributed by atoms with Crippen LogP contribution in [0.2, 0.25) is 0 Å². The summed E-state index contributed by atoms with van der Waals surface area (Å²) >= 11 is 0. The molecule has 10 nitrogen and oxygen atoms in total. The van der Waals surface area contributed by atoms with Gasteiger partial charge in [-0.1, -0.05) is 73.2 Å². The summed E-state index contributed by atoms with van der Waals surface area (Å²) in [6.45, 7) is 17.3. The number of carbonyl (C=O) groups is 4. The Morgan fingerprint density at radius 2 is 1.15 bits per heavy atom. The molecular weight excluding hydrogens is 532 g/mol. The van der Waals surface area contributed by atoms with E-state index in [1.807, 2.05) is 37.3 Å². The third kappa shape index (κ3) is 17.8. The van der Waals surface area contributed by atoms with Crippen LogP contribution in [0, 0.1) is 23.2 Å². The Hall–Kier alpha value is -3.40. The summed E-state index contributed by atoms with van der Waals surface area (Å²) in [6.07, 6.45) is 1.66. The molecule has 0 atom stereocenters. The van der Waals surface area contributed by atoms with E-state index in [0.717, 1.165) is 11.8 Å². The van der Waals surface area contributed by atoms with Gasteiger partial charge in [-0.25, -0.2) is 4.79 Å². The second-order valence-corrected chi connectivity index (χ2v) is 10.3. The average Bonchev–Trinajstić information content (AvgIpc) is 2.96. The fourth-order valence-electron chi connectivity index (χ4n) is 2.70. The molecule has 232 valence electrons. The first-order valence-corrected chi connectivity index (χ1v) is 13.9. The summed E-state index contributed by atoms with van der Waals surface area (Å²) in [5.41, 5.74) is -0.736. The molecule has 1 rings (SSSR count). The van der Waals surface area contributed by atoms with Crippen molar-refractivity contribution in [3.05, 3.63) is 43.0 Å². The van der Waals surface area contributed by atoms with Gasteiger partial charge in [0.25, 0.3) is 0 Å². The van der Waals surface area contributed by atoms with Crippen LogP contribution in [0.25, 0.3) is 0 Å². The highest BCUT2D eigenvalue weighted by molar-refractivity contribution is 5.81. The normalized spacial score (nSPS) is 10.9. The molecule has 0 heterocycles. The molecule has 0 aliphatic carbocycles. The predicted octanol–water partition coefficient (Wildman–Crippen LogP) is 4.79. The summed E-state index contributed by atoms with van der Waals surface area (Å²) in [7, 11) is 0. The molecule has 0 bridgehead atoms. The molecule has 1 aromatic rings. The molecule has 1 aromatic carbocycles. The van der Waals surface area contributed by atoms with Crippen molar-refractivity contribution in [2.75, 3.05) is 46.2 Å². The van der Waals surface area contributed by atoms with E-state index in [1.54, 1.807) is 41.5 Å². The Morgan fingerprint density at radius 1 is 0.707 bits per heavy atom. The monoisotopic (exact) mass is 580 g/mol. The summed E-state index contributed by atoms with van der Waals surface area (Å²) in [6, 6.07) is 9.50. The number of hydrogen-bond acceptors (Lipinski definition) is 10. The lowest BCUT2D eigenvalue weighted by molar-refractivity contribution is -0.166. The largest absolute Gasteiger partial charge is 0.491 e. The molecule has 0 unspecified atom stereocenters. The lowest BCUT2D eigenvalue weighted by Crippen LogP contribution is -2.40. The van der Waals surface area contributed by atoms with Gasteiger partial charge in [-0.3, -0.25) is 14.4 Å². The van der Waals surface area contributed by atoms with Crippen LogP contribution in [0.5, 0.6) is 5.75 Å². The zero-order valence-corrected chi connectivity index (χ0v) is 25.6. The van der Waals surface area contributed by atoms with Crippen LogP contribution < -0.4 is 4.74 Å². The number of benzene rings is 1. The quantitative estimate of drug-likeness (QED) is 0.104. The zero-order valence-electron chi connectivity index (χ0n) is 25.6. The maximum atomic E-state index is 11.8. The highest BCUT2D eigenvalue weighted by Crippen LogP contribution is 2.25. The molecular formula is C31H48O10.